The van der Waals surface area contributed by atoms with Crippen LogP contribution in [0.4, 0.5) is 22.0 Å². The molecule has 4 nitrogen and oxygen atoms in total. The van der Waals surface area contributed by atoms with Crippen LogP contribution in [0.5, 0.6) is 5.75 Å². The second-order valence-electron chi connectivity index (χ2n) is 9.19. The molecule has 0 amide bonds. The molecule has 37 heavy (non-hydrogen) atoms. The van der Waals surface area contributed by atoms with Crippen LogP contribution in [0.1, 0.15) is 29.5 Å². The maximum absolute atomic E-state index is 15.2. The van der Waals surface area contributed by atoms with Gasteiger partial charge in [-0.3, -0.25) is 0 Å². The number of methoxy groups -OCH3 is 1. The van der Waals surface area contributed by atoms with Crippen molar-refractivity contribution >= 4 is 10.8 Å². The lowest BCUT2D eigenvalue weighted by atomic mass is 9.98. The summed E-state index contributed by atoms with van der Waals surface area (Å²) in [7, 11) is 1.68. The Kier molecular flexibility index (Phi) is 9.00. The van der Waals surface area contributed by atoms with Gasteiger partial charge in [0.25, 0.3) is 0 Å². The second kappa shape index (κ2) is 12.2. The molecule has 1 saturated heterocycles. The molecule has 0 atom stereocenters. The molecule has 1 aliphatic heterocycles. The van der Waals surface area contributed by atoms with Crippen molar-refractivity contribution in [3.63, 3.8) is 0 Å². The molecule has 3 aromatic rings. The van der Waals surface area contributed by atoms with E-state index in [2.05, 4.69) is 4.74 Å². The molecule has 1 fully saturated rings. The SMILES string of the molecule is COCCC1COC(CCc2ccc3c(F)c(CCc4ccc(OC(F)(F)F)c(F)c4)ccc3c2)OC1. The van der Waals surface area contributed by atoms with Gasteiger partial charge in [0.2, 0.25) is 0 Å². The van der Waals surface area contributed by atoms with Gasteiger partial charge in [0.1, 0.15) is 5.82 Å². The summed E-state index contributed by atoms with van der Waals surface area (Å²) in [5.41, 5.74) is 1.94. The quantitative estimate of drug-likeness (QED) is 0.275. The van der Waals surface area contributed by atoms with Crippen LogP contribution >= 0.6 is 0 Å². The van der Waals surface area contributed by atoms with Gasteiger partial charge in [0.15, 0.2) is 17.9 Å². The Balaban J connectivity index is 1.33. The van der Waals surface area contributed by atoms with Crippen molar-refractivity contribution in [3.8, 4) is 5.75 Å². The Bertz CT molecular complexity index is 1190. The zero-order valence-electron chi connectivity index (χ0n) is 20.5. The van der Waals surface area contributed by atoms with Crippen LogP contribution in [0.3, 0.4) is 0 Å². The van der Waals surface area contributed by atoms with E-state index < -0.39 is 17.9 Å². The number of aryl methyl sites for hydroxylation is 3. The Morgan fingerprint density at radius 3 is 2.30 bits per heavy atom. The van der Waals surface area contributed by atoms with Crippen molar-refractivity contribution in [1.82, 2.24) is 0 Å². The highest BCUT2D eigenvalue weighted by molar-refractivity contribution is 5.84. The smallest absolute Gasteiger partial charge is 0.403 e. The molecular weight excluding hydrogens is 495 g/mol. The van der Waals surface area contributed by atoms with Crippen molar-refractivity contribution in [2.75, 3.05) is 26.9 Å². The summed E-state index contributed by atoms with van der Waals surface area (Å²) >= 11 is 0. The van der Waals surface area contributed by atoms with Crippen molar-refractivity contribution in [3.05, 3.63) is 76.9 Å². The molecule has 200 valence electrons. The summed E-state index contributed by atoms with van der Waals surface area (Å²) in [5, 5.41) is 1.25. The predicted octanol–water partition coefficient (Wildman–Crippen LogP) is 6.76. The number of benzene rings is 3. The maximum Gasteiger partial charge on any atom is 0.573 e. The summed E-state index contributed by atoms with van der Waals surface area (Å²) in [6, 6.07) is 12.4. The van der Waals surface area contributed by atoms with Gasteiger partial charge in [-0.05, 0) is 59.9 Å². The zero-order valence-corrected chi connectivity index (χ0v) is 20.5. The molecule has 3 aromatic carbocycles. The van der Waals surface area contributed by atoms with E-state index in [1.54, 1.807) is 19.2 Å². The third-order valence-corrected chi connectivity index (χ3v) is 6.44. The van der Waals surface area contributed by atoms with Gasteiger partial charge < -0.3 is 18.9 Å². The average Bonchev–Trinajstić information content (AvgIpc) is 2.87. The lowest BCUT2D eigenvalue weighted by Gasteiger charge is -2.29. The van der Waals surface area contributed by atoms with Crippen LogP contribution < -0.4 is 4.74 Å². The minimum Gasteiger partial charge on any atom is -0.403 e. The van der Waals surface area contributed by atoms with Crippen LogP contribution in [-0.2, 0) is 33.5 Å². The molecule has 0 bridgehead atoms. The van der Waals surface area contributed by atoms with Crippen molar-refractivity contribution < 1.29 is 40.9 Å². The van der Waals surface area contributed by atoms with E-state index in [1.807, 2.05) is 18.2 Å². The summed E-state index contributed by atoms with van der Waals surface area (Å²) < 4.78 is 86.4. The van der Waals surface area contributed by atoms with E-state index in [9.17, 15) is 17.6 Å². The van der Waals surface area contributed by atoms with Gasteiger partial charge in [-0.1, -0.05) is 36.4 Å². The first-order valence-corrected chi connectivity index (χ1v) is 12.2. The number of halogens is 5. The first kappa shape index (κ1) is 27.3. The molecule has 0 radical (unpaired) electrons. The van der Waals surface area contributed by atoms with E-state index >= 15 is 4.39 Å². The molecule has 1 heterocycles. The van der Waals surface area contributed by atoms with Crippen LogP contribution in [0.25, 0.3) is 10.8 Å². The van der Waals surface area contributed by atoms with Crippen molar-refractivity contribution in [2.45, 2.75) is 44.8 Å². The van der Waals surface area contributed by atoms with Crippen LogP contribution in [-0.4, -0.2) is 39.6 Å². The van der Waals surface area contributed by atoms with E-state index in [0.717, 1.165) is 35.9 Å². The van der Waals surface area contributed by atoms with Crippen LogP contribution in [0, 0.1) is 17.6 Å². The minimum atomic E-state index is -4.97. The second-order valence-corrected chi connectivity index (χ2v) is 9.19. The van der Waals surface area contributed by atoms with E-state index in [0.29, 0.717) is 48.7 Å². The molecule has 0 saturated carbocycles. The largest absolute Gasteiger partial charge is 0.573 e. The van der Waals surface area contributed by atoms with Gasteiger partial charge in [-0.25, -0.2) is 8.78 Å². The molecule has 9 heteroatoms. The Labute approximate surface area is 212 Å². The van der Waals surface area contributed by atoms with Crippen LogP contribution in [0.2, 0.25) is 0 Å². The first-order chi connectivity index (χ1) is 17.7. The lowest BCUT2D eigenvalue weighted by Crippen LogP contribution is -2.32. The fourth-order valence-electron chi connectivity index (χ4n) is 4.41. The molecule has 0 aliphatic carbocycles. The molecular formula is C28H29F5O4. The predicted molar refractivity (Wildman–Crippen MR) is 128 cm³/mol. The molecule has 0 N–H and O–H groups in total. The number of hydrogen-bond acceptors (Lipinski definition) is 4. The third-order valence-electron chi connectivity index (χ3n) is 6.44. The van der Waals surface area contributed by atoms with E-state index in [1.165, 1.54) is 6.07 Å². The monoisotopic (exact) mass is 524 g/mol. The van der Waals surface area contributed by atoms with Gasteiger partial charge in [-0.2, -0.15) is 0 Å². The molecule has 0 unspecified atom stereocenters. The number of alkyl halides is 3. The lowest BCUT2D eigenvalue weighted by molar-refractivity contribution is -0.275. The Morgan fingerprint density at radius 2 is 1.59 bits per heavy atom. The van der Waals surface area contributed by atoms with Gasteiger partial charge in [0.05, 0.1) is 13.2 Å². The topological polar surface area (TPSA) is 36.9 Å². The minimum absolute atomic E-state index is 0.257. The van der Waals surface area contributed by atoms with Crippen molar-refractivity contribution in [2.24, 2.45) is 5.92 Å². The highest BCUT2D eigenvalue weighted by atomic mass is 19.4. The summed E-state index contributed by atoms with van der Waals surface area (Å²) in [6.07, 6.45) is -2.36. The highest BCUT2D eigenvalue weighted by Gasteiger charge is 2.32. The fraction of sp³-hybridized carbons (Fsp3) is 0.429. The van der Waals surface area contributed by atoms with Gasteiger partial charge >= 0.3 is 6.36 Å². The Morgan fingerprint density at radius 1 is 0.865 bits per heavy atom. The maximum atomic E-state index is 15.2. The summed E-state index contributed by atoms with van der Waals surface area (Å²) in [6.45, 7) is 1.99. The summed E-state index contributed by atoms with van der Waals surface area (Å²) in [5.74, 6) is -2.02. The average molecular weight is 525 g/mol. The third kappa shape index (κ3) is 7.63. The van der Waals surface area contributed by atoms with Crippen molar-refractivity contribution in [1.29, 1.82) is 0 Å². The number of ether oxygens (including phenoxy) is 4. The number of hydrogen-bond donors (Lipinski definition) is 0. The number of fused-ring (bicyclic) bond motifs is 1. The standard InChI is InChI=1S/C28H29F5O4/c1-34-13-12-20-16-35-26(36-17-20)11-5-18-3-9-23-22(14-18)8-7-21(27(23)30)6-2-19-4-10-25(24(29)15-19)37-28(31,32)33/h3-4,7-10,14-15,20,26H,2,5-6,11-13,16-17H2,1H3. The summed E-state index contributed by atoms with van der Waals surface area (Å²) in [4.78, 5) is 0. The Hall–Kier alpha value is -2.75. The molecule has 0 aromatic heterocycles. The van der Waals surface area contributed by atoms with E-state index in [-0.39, 0.29) is 24.9 Å². The number of rotatable bonds is 10. The van der Waals surface area contributed by atoms with Gasteiger partial charge in [0, 0.05) is 31.4 Å². The molecule has 0 spiro atoms. The van der Waals surface area contributed by atoms with E-state index in [4.69, 9.17) is 14.2 Å². The highest BCUT2D eigenvalue weighted by Crippen LogP contribution is 2.28. The normalized spacial score (nSPS) is 18.3. The zero-order chi connectivity index (χ0) is 26.4. The fourth-order valence-corrected chi connectivity index (χ4v) is 4.41. The molecule has 1 aliphatic rings. The van der Waals surface area contributed by atoms with Gasteiger partial charge in [-0.15, -0.1) is 13.2 Å². The van der Waals surface area contributed by atoms with Crippen LogP contribution in [0.15, 0.2) is 48.5 Å². The molecule has 4 rings (SSSR count). The first-order valence-electron chi connectivity index (χ1n) is 12.2.